The Morgan fingerprint density at radius 3 is 1.40 bits per heavy atom. The molecule has 20 nitrogen and oxygen atoms in total. The van der Waals surface area contributed by atoms with Crippen molar-refractivity contribution in [3.05, 3.63) is 60.2 Å². The smallest absolute Gasteiger partial charge is 0.387 e. The fourth-order valence-corrected chi connectivity index (χ4v) is 4.81. The van der Waals surface area contributed by atoms with Crippen molar-refractivity contribution in [2.75, 3.05) is 24.9 Å². The van der Waals surface area contributed by atoms with Crippen molar-refractivity contribution in [1.82, 2.24) is 40.9 Å². The van der Waals surface area contributed by atoms with E-state index in [-0.39, 0.29) is 17.2 Å². The Morgan fingerprint density at radius 2 is 1.03 bits per heavy atom. The van der Waals surface area contributed by atoms with Gasteiger partial charge < -0.3 is 18.9 Å². The Bertz CT molecular complexity index is 2050. The first-order valence-electron chi connectivity index (χ1n) is 16.2. The predicted octanol–water partition coefficient (Wildman–Crippen LogP) is 7.43. The van der Waals surface area contributed by atoms with Gasteiger partial charge in [-0.15, -0.1) is 0 Å². The molecule has 2 heterocycles. The van der Waals surface area contributed by atoms with E-state index >= 15 is 0 Å². The molecule has 4 rings (SSSR count). The summed E-state index contributed by atoms with van der Waals surface area (Å²) < 4.78 is 152. The van der Waals surface area contributed by atoms with E-state index in [2.05, 4.69) is 57.4 Å². The van der Waals surface area contributed by atoms with Gasteiger partial charge in [0.25, 0.3) is 6.43 Å². The number of nitrogens with one attached hydrogen (secondary N) is 4. The first-order chi connectivity index (χ1) is 28.9. The van der Waals surface area contributed by atoms with Crippen molar-refractivity contribution >= 4 is 57.7 Å². The second-order valence-corrected chi connectivity index (χ2v) is 11.8. The molecule has 0 radical (unpaired) electrons. The molecule has 31 heteroatoms. The van der Waals surface area contributed by atoms with Crippen LogP contribution in [0, 0.1) is 0 Å². The lowest BCUT2D eigenvalue weighted by molar-refractivity contribution is -0.0525. The summed E-state index contributed by atoms with van der Waals surface area (Å²) in [5.41, 5.74) is 3.32. The largest absolute Gasteiger partial charge is 0.467 e. The van der Waals surface area contributed by atoms with Crippen LogP contribution in [0.4, 0.5) is 56.6 Å². The van der Waals surface area contributed by atoms with Crippen molar-refractivity contribution in [3.8, 4) is 23.5 Å². The molecule has 2 aromatic heterocycles. The van der Waals surface area contributed by atoms with Crippen LogP contribution in [0.25, 0.3) is 0 Å². The molecular weight excluding hydrogens is 924 g/mol. The lowest BCUT2D eigenvalue weighted by atomic mass is 10.3. The molecule has 0 aliphatic rings. The lowest BCUT2D eigenvalue weighted by Crippen LogP contribution is -2.31. The lowest BCUT2D eigenvalue weighted by Gasteiger charge is -2.11. The molecule has 2 aromatic carbocycles. The molecule has 2 unspecified atom stereocenters. The fraction of sp³-hybridized carbons (Fsp3) is 0.355. The monoisotopic (exact) mass is 960 g/mol. The van der Waals surface area contributed by atoms with Crippen LogP contribution < -0.4 is 40.5 Å². The molecule has 0 fully saturated rings. The van der Waals surface area contributed by atoms with Gasteiger partial charge >= 0.3 is 42.7 Å². The zero-order valence-corrected chi connectivity index (χ0v) is 34.2. The van der Waals surface area contributed by atoms with Crippen LogP contribution in [-0.2, 0) is 36.1 Å². The molecule has 4 amide bonds. The van der Waals surface area contributed by atoms with Gasteiger partial charge in [0.1, 0.15) is 21.3 Å². The third-order valence-electron chi connectivity index (χ3n) is 5.42. The van der Waals surface area contributed by atoms with E-state index in [1.165, 1.54) is 30.3 Å². The normalized spacial score (nSPS) is 11.4. The number of aromatic nitrogens is 6. The first kappa shape index (κ1) is 56.1. The van der Waals surface area contributed by atoms with E-state index in [0.29, 0.717) is 0 Å². The number of carbonyl (C=O) groups is 2. The molecule has 0 aliphatic heterocycles. The van der Waals surface area contributed by atoms with Gasteiger partial charge in [-0.25, -0.2) is 37.7 Å². The Morgan fingerprint density at radius 1 is 0.645 bits per heavy atom. The average Bonchev–Trinajstić information content (AvgIpc) is 3.23. The number of ether oxygens (including phenoxy) is 4. The van der Waals surface area contributed by atoms with Gasteiger partial charge in [0.15, 0.2) is 0 Å². The molecule has 4 aromatic rings. The Kier molecular flexibility index (Phi) is 25.9. The topological polar surface area (TPSA) is 249 Å². The number of benzene rings is 2. The zero-order chi connectivity index (χ0) is 46.3. The SMILES string of the molecule is C.CC.CC.COc1nc(NC(=O)NOS(=O)c2ccccc2OC(F)F)nc(C(F)(F)Cl)n1.COc1nc(NC(=O)NOS(=O)c2ccccc2OC(F)F)nc(C(F)F)n1. The summed E-state index contributed by atoms with van der Waals surface area (Å²) in [6.45, 7) is 1.65. The van der Waals surface area contributed by atoms with E-state index in [0.717, 1.165) is 32.4 Å². The summed E-state index contributed by atoms with van der Waals surface area (Å²) in [5.74, 6) is -4.33. The Labute approximate surface area is 357 Å². The van der Waals surface area contributed by atoms with Gasteiger partial charge in [-0.3, -0.25) is 10.6 Å². The highest BCUT2D eigenvalue weighted by atomic mass is 35.5. The molecule has 2 atom stereocenters. The number of hydrogen-bond donors (Lipinski definition) is 4. The summed E-state index contributed by atoms with van der Waals surface area (Å²) in [5, 5.41) is -0.160. The van der Waals surface area contributed by atoms with Gasteiger partial charge in [-0.05, 0) is 35.9 Å². The molecule has 0 aliphatic carbocycles. The van der Waals surface area contributed by atoms with Crippen LogP contribution in [-0.4, -0.2) is 77.8 Å². The van der Waals surface area contributed by atoms with E-state index in [4.69, 9.17) is 11.6 Å². The van der Waals surface area contributed by atoms with Gasteiger partial charge in [0.05, 0.1) is 14.2 Å². The average molecular weight is 961 g/mol. The van der Waals surface area contributed by atoms with Crippen LogP contribution in [0.5, 0.6) is 23.5 Å². The highest BCUT2D eigenvalue weighted by Crippen LogP contribution is 2.31. The number of methoxy groups -OCH3 is 2. The van der Waals surface area contributed by atoms with Crippen molar-refractivity contribution in [3.63, 3.8) is 0 Å². The standard InChI is InChI=1S/C13H10ClF4N5O5S.C13H11F4N5O5S.2C2H6.CH4/c1-26-12-20-8(13(14,17)18)19-10(22-12)21-11(24)23-28-29(25)7-5-3-2-4-6(7)27-9(15)16;1-25-13-19-9(8(14)15)18-11(21-13)20-12(23)22-27-28(24)7-5-3-2-4-6(7)26-10(16)17;2*1-2;/h2-5,9H,1H3,(H2,19,20,21,22,23,24);2-5,8,10H,1H3,(H2,18,19,20,21,22,23);2*1-2H3;1H4. The Hall–Kier alpha value is -5.85. The van der Waals surface area contributed by atoms with Gasteiger partial charge in [0.2, 0.25) is 45.7 Å². The summed E-state index contributed by atoms with van der Waals surface area (Å²) in [6.07, 6.45) is -3.06. The van der Waals surface area contributed by atoms with Crippen LogP contribution >= 0.6 is 11.6 Å². The molecule has 0 saturated carbocycles. The van der Waals surface area contributed by atoms with Gasteiger partial charge in [-0.2, -0.15) is 64.8 Å². The third kappa shape index (κ3) is 19.7. The number of halogens is 9. The van der Waals surface area contributed by atoms with Gasteiger partial charge in [-0.1, -0.05) is 59.4 Å². The summed E-state index contributed by atoms with van der Waals surface area (Å²) in [7, 11) is 2.18. The van der Waals surface area contributed by atoms with E-state index < -0.39 is 106 Å². The highest BCUT2D eigenvalue weighted by Gasteiger charge is 2.34. The summed E-state index contributed by atoms with van der Waals surface area (Å²) in [4.78, 5) is 43.0. The summed E-state index contributed by atoms with van der Waals surface area (Å²) in [6, 6.07) is 6.47. The number of rotatable bonds is 16. The molecule has 346 valence electrons. The molecule has 4 N–H and O–H groups in total. The number of alkyl halides is 9. The van der Waals surface area contributed by atoms with Crippen molar-refractivity contribution < 1.29 is 80.6 Å². The third-order valence-corrected chi connectivity index (χ3v) is 7.45. The van der Waals surface area contributed by atoms with Crippen molar-refractivity contribution in [2.45, 2.75) is 69.9 Å². The van der Waals surface area contributed by atoms with Crippen molar-refractivity contribution in [2.24, 2.45) is 0 Å². The minimum Gasteiger partial charge on any atom is -0.467 e. The number of anilines is 2. The molecular formula is C31H37ClF8N10O10S2. The highest BCUT2D eigenvalue weighted by molar-refractivity contribution is 7.80. The molecule has 0 saturated heterocycles. The van der Waals surface area contributed by atoms with Gasteiger partial charge in [0, 0.05) is 0 Å². The number of carbonyl (C=O) groups excluding carboxylic acids is 2. The maximum Gasteiger partial charge on any atom is 0.387 e. The molecule has 62 heavy (non-hydrogen) atoms. The minimum absolute atomic E-state index is 0. The second kappa shape index (κ2) is 28.6. The number of hydrogen-bond acceptors (Lipinski definition) is 16. The number of para-hydroxylation sites is 2. The van der Waals surface area contributed by atoms with E-state index in [1.807, 2.05) is 38.3 Å². The minimum atomic E-state index is -3.98. The summed E-state index contributed by atoms with van der Waals surface area (Å²) >= 11 is -0.0823. The quantitative estimate of drug-likeness (QED) is 0.0484. The fourth-order valence-electron chi connectivity index (χ4n) is 3.31. The van der Waals surface area contributed by atoms with Crippen LogP contribution in [0.3, 0.4) is 0 Å². The second-order valence-electron chi connectivity index (χ2n) is 9.17. The number of urea groups is 2. The Balaban J connectivity index is 0.00000110. The van der Waals surface area contributed by atoms with E-state index in [9.17, 15) is 53.1 Å². The zero-order valence-electron chi connectivity index (χ0n) is 31.8. The number of hydroxylamine groups is 2. The number of nitrogens with zero attached hydrogens (tertiary/aromatic N) is 6. The van der Waals surface area contributed by atoms with Crippen molar-refractivity contribution in [1.29, 1.82) is 0 Å². The maximum atomic E-state index is 13.2. The first-order valence-corrected chi connectivity index (χ1v) is 18.8. The molecule has 0 bridgehead atoms. The predicted molar refractivity (Wildman–Crippen MR) is 202 cm³/mol. The van der Waals surface area contributed by atoms with Crippen LogP contribution in [0.2, 0.25) is 0 Å². The number of amides is 4. The maximum absolute atomic E-state index is 13.2. The van der Waals surface area contributed by atoms with Crippen LogP contribution in [0.15, 0.2) is 58.3 Å². The van der Waals surface area contributed by atoms with Crippen LogP contribution in [0.1, 0.15) is 53.2 Å². The van der Waals surface area contributed by atoms with E-state index in [1.54, 1.807) is 11.0 Å². The molecule has 0 spiro atoms.